The van der Waals surface area contributed by atoms with E-state index in [0.717, 1.165) is 21.7 Å². The number of hydrogen-bond donors (Lipinski definition) is 1. The number of carbonyl (C=O) groups is 2. The Morgan fingerprint density at radius 3 is 2.05 bits per heavy atom. The van der Waals surface area contributed by atoms with Gasteiger partial charge in [0.05, 0.1) is 17.0 Å². The van der Waals surface area contributed by atoms with Gasteiger partial charge in [-0.25, -0.2) is 8.42 Å². The van der Waals surface area contributed by atoms with Crippen LogP contribution in [0.25, 0.3) is 0 Å². The van der Waals surface area contributed by atoms with Crippen LogP contribution in [0.1, 0.15) is 44.7 Å². The van der Waals surface area contributed by atoms with E-state index in [1.807, 2.05) is 81.4 Å². The van der Waals surface area contributed by atoms with Crippen LogP contribution in [-0.4, -0.2) is 49.5 Å². The van der Waals surface area contributed by atoms with Crippen molar-refractivity contribution in [2.24, 2.45) is 0 Å². The number of sulfonamides is 1. The van der Waals surface area contributed by atoms with Gasteiger partial charge in [0.1, 0.15) is 6.04 Å². The highest BCUT2D eigenvalue weighted by Gasteiger charge is 2.32. The van der Waals surface area contributed by atoms with Gasteiger partial charge in [-0.15, -0.1) is 0 Å². The van der Waals surface area contributed by atoms with E-state index in [-0.39, 0.29) is 48.5 Å². The van der Waals surface area contributed by atoms with Gasteiger partial charge in [-0.3, -0.25) is 13.9 Å². The van der Waals surface area contributed by atoms with Gasteiger partial charge in [-0.05, 0) is 56.5 Å². The maximum atomic E-state index is 13.9. The summed E-state index contributed by atoms with van der Waals surface area (Å²) in [5, 5.41) is 3.62. The minimum Gasteiger partial charge on any atom is -0.350 e. The first kappa shape index (κ1) is 32.4. The summed E-state index contributed by atoms with van der Waals surface area (Å²) in [6, 6.07) is 22.9. The molecule has 0 aliphatic rings. The fourth-order valence-electron chi connectivity index (χ4n) is 4.45. The van der Waals surface area contributed by atoms with E-state index in [9.17, 15) is 18.0 Å². The van der Waals surface area contributed by atoms with E-state index < -0.39 is 21.6 Å². The minimum atomic E-state index is -3.71. The van der Waals surface area contributed by atoms with Gasteiger partial charge in [0, 0.05) is 36.5 Å². The molecule has 2 amide bonds. The quantitative estimate of drug-likeness (QED) is 0.266. The van der Waals surface area contributed by atoms with Crippen LogP contribution in [0.2, 0.25) is 10.0 Å². The van der Waals surface area contributed by atoms with Crippen molar-refractivity contribution in [2.45, 2.75) is 58.2 Å². The minimum absolute atomic E-state index is 0.0152. The Labute approximate surface area is 253 Å². The molecule has 0 bridgehead atoms. The highest BCUT2D eigenvalue weighted by Crippen LogP contribution is 2.31. The zero-order chi connectivity index (χ0) is 30.2. The lowest BCUT2D eigenvalue weighted by Gasteiger charge is -2.34. The molecule has 220 valence electrons. The maximum absolute atomic E-state index is 13.9. The van der Waals surface area contributed by atoms with Crippen LogP contribution in [0.5, 0.6) is 0 Å². The predicted molar refractivity (Wildman–Crippen MR) is 167 cm³/mol. The van der Waals surface area contributed by atoms with Crippen LogP contribution in [0.3, 0.4) is 0 Å². The SMILES string of the molecule is CC(C)(C)NC(=O)[C@H](Cc1ccccc1)N(Cc1ccccc1)C(=O)CCCN(c1cc(Cl)ccc1Cl)S(C)(=O)=O. The van der Waals surface area contributed by atoms with Crippen molar-refractivity contribution >= 4 is 50.7 Å². The lowest BCUT2D eigenvalue weighted by molar-refractivity contribution is -0.142. The molecule has 3 aromatic carbocycles. The van der Waals surface area contributed by atoms with Gasteiger partial charge in [0.25, 0.3) is 0 Å². The monoisotopic (exact) mass is 617 g/mol. The van der Waals surface area contributed by atoms with Crippen LogP contribution in [0, 0.1) is 0 Å². The largest absolute Gasteiger partial charge is 0.350 e. The Bertz CT molecular complexity index is 1430. The van der Waals surface area contributed by atoms with Crippen LogP contribution in [-0.2, 0) is 32.6 Å². The molecule has 0 saturated carbocycles. The molecule has 0 saturated heterocycles. The molecule has 7 nitrogen and oxygen atoms in total. The molecule has 1 N–H and O–H groups in total. The molecule has 0 heterocycles. The lowest BCUT2D eigenvalue weighted by atomic mass is 10.00. The summed E-state index contributed by atoms with van der Waals surface area (Å²) in [7, 11) is -3.71. The molecule has 0 radical (unpaired) electrons. The molecule has 0 spiro atoms. The van der Waals surface area contributed by atoms with E-state index in [2.05, 4.69) is 5.32 Å². The first-order chi connectivity index (χ1) is 19.2. The maximum Gasteiger partial charge on any atom is 0.243 e. The van der Waals surface area contributed by atoms with Crippen LogP contribution >= 0.6 is 23.2 Å². The summed E-state index contributed by atoms with van der Waals surface area (Å²) in [4.78, 5) is 29.1. The van der Waals surface area contributed by atoms with Crippen molar-refractivity contribution in [3.05, 3.63) is 100 Å². The number of nitrogens with one attached hydrogen (secondary N) is 1. The second-order valence-corrected chi connectivity index (χ2v) is 13.7. The van der Waals surface area contributed by atoms with Crippen LogP contribution in [0.15, 0.2) is 78.9 Å². The molecular formula is C31H37Cl2N3O4S. The second kappa shape index (κ2) is 14.2. The van der Waals surface area contributed by atoms with Crippen molar-refractivity contribution in [1.29, 1.82) is 0 Å². The summed E-state index contributed by atoms with van der Waals surface area (Å²) in [6.07, 6.45) is 1.64. The fraction of sp³-hybridized carbons (Fsp3) is 0.355. The second-order valence-electron chi connectivity index (χ2n) is 11.0. The van der Waals surface area contributed by atoms with E-state index in [4.69, 9.17) is 23.2 Å². The number of nitrogens with zero attached hydrogens (tertiary/aromatic N) is 2. The Morgan fingerprint density at radius 1 is 0.902 bits per heavy atom. The number of hydrogen-bond acceptors (Lipinski definition) is 4. The van der Waals surface area contributed by atoms with Crippen molar-refractivity contribution in [3.63, 3.8) is 0 Å². The summed E-state index contributed by atoms with van der Waals surface area (Å²) in [5.74, 6) is -0.515. The van der Waals surface area contributed by atoms with E-state index in [1.54, 1.807) is 11.0 Å². The number of anilines is 1. The van der Waals surface area contributed by atoms with Gasteiger partial charge in [0.2, 0.25) is 21.8 Å². The van der Waals surface area contributed by atoms with Gasteiger partial charge < -0.3 is 10.2 Å². The Balaban J connectivity index is 1.90. The number of rotatable bonds is 12. The molecule has 0 aliphatic heterocycles. The first-order valence-corrected chi connectivity index (χ1v) is 16.0. The summed E-state index contributed by atoms with van der Waals surface area (Å²) >= 11 is 12.4. The molecule has 3 aromatic rings. The standard InChI is InChI=1S/C31H37Cl2N3O4S/c1-31(2,3)34-30(38)28(20-23-12-7-5-8-13-23)35(22-24-14-9-6-10-15-24)29(37)16-11-19-36(41(4,39)40)27-21-25(32)17-18-26(27)33/h5-10,12-15,17-18,21,28H,11,16,19-20,22H2,1-4H3,(H,34,38)/t28-/m0/s1. The normalized spacial score (nSPS) is 12.4. The van der Waals surface area contributed by atoms with E-state index >= 15 is 0 Å². The van der Waals surface area contributed by atoms with Crippen LogP contribution in [0.4, 0.5) is 5.69 Å². The third-order valence-electron chi connectivity index (χ3n) is 6.29. The van der Waals surface area contributed by atoms with Crippen molar-refractivity contribution in [1.82, 2.24) is 10.2 Å². The highest BCUT2D eigenvalue weighted by atomic mass is 35.5. The molecule has 0 fully saturated rings. The molecule has 0 aliphatic carbocycles. The number of amides is 2. The first-order valence-electron chi connectivity index (χ1n) is 13.4. The van der Waals surface area contributed by atoms with Gasteiger partial charge in [-0.1, -0.05) is 83.9 Å². The molecule has 10 heteroatoms. The summed E-state index contributed by atoms with van der Waals surface area (Å²) < 4.78 is 26.5. The average molecular weight is 619 g/mol. The Hall–Kier alpha value is -3.07. The van der Waals surface area contributed by atoms with E-state index in [1.165, 1.54) is 12.1 Å². The highest BCUT2D eigenvalue weighted by molar-refractivity contribution is 7.92. The molecule has 3 rings (SSSR count). The van der Waals surface area contributed by atoms with Gasteiger partial charge >= 0.3 is 0 Å². The molecule has 1 atom stereocenters. The third kappa shape index (κ3) is 10.1. The van der Waals surface area contributed by atoms with Crippen molar-refractivity contribution in [3.8, 4) is 0 Å². The Morgan fingerprint density at radius 2 is 1.49 bits per heavy atom. The molecule has 41 heavy (non-hydrogen) atoms. The molecular weight excluding hydrogens is 581 g/mol. The van der Waals surface area contributed by atoms with Crippen molar-refractivity contribution in [2.75, 3.05) is 17.1 Å². The third-order valence-corrected chi connectivity index (χ3v) is 8.03. The number of carbonyl (C=O) groups excluding carboxylic acids is 2. The molecule has 0 aromatic heterocycles. The summed E-state index contributed by atoms with van der Waals surface area (Å²) in [5.41, 5.74) is 1.55. The van der Waals surface area contributed by atoms with Crippen LogP contribution < -0.4 is 9.62 Å². The Kier molecular flexibility index (Phi) is 11.2. The number of halogens is 2. The number of benzene rings is 3. The molecule has 0 unspecified atom stereocenters. The predicted octanol–water partition coefficient (Wildman–Crippen LogP) is 6.09. The summed E-state index contributed by atoms with van der Waals surface area (Å²) in [6.45, 7) is 5.93. The van der Waals surface area contributed by atoms with Gasteiger partial charge in [0.15, 0.2) is 0 Å². The fourth-order valence-corrected chi connectivity index (χ4v) is 5.85. The topological polar surface area (TPSA) is 86.8 Å². The van der Waals surface area contributed by atoms with E-state index in [0.29, 0.717) is 11.4 Å². The zero-order valence-electron chi connectivity index (χ0n) is 23.8. The average Bonchev–Trinajstić information content (AvgIpc) is 2.89. The van der Waals surface area contributed by atoms with Gasteiger partial charge in [-0.2, -0.15) is 0 Å². The van der Waals surface area contributed by atoms with Crippen molar-refractivity contribution < 1.29 is 18.0 Å². The zero-order valence-corrected chi connectivity index (χ0v) is 26.1. The lowest BCUT2D eigenvalue weighted by Crippen LogP contribution is -2.54. The smallest absolute Gasteiger partial charge is 0.243 e.